The topological polar surface area (TPSA) is 64.6 Å². The molecule has 0 fully saturated rings. The van der Waals surface area contributed by atoms with Crippen LogP contribution in [0.15, 0.2) is 18.2 Å². The van der Waals surface area contributed by atoms with E-state index in [1.807, 2.05) is 32.0 Å². The fourth-order valence-corrected chi connectivity index (χ4v) is 1.60. The van der Waals surface area contributed by atoms with Crippen LogP contribution in [0.1, 0.15) is 25.0 Å². The van der Waals surface area contributed by atoms with Crippen LogP contribution in [0.5, 0.6) is 5.75 Å². The van der Waals surface area contributed by atoms with Crippen molar-refractivity contribution in [3.63, 3.8) is 0 Å². The number of hydrogen-bond acceptors (Lipinski definition) is 4. The highest BCUT2D eigenvalue weighted by molar-refractivity contribution is 5.83. The SMILES string of the molecule is CCNC(=O)[C@@H](C)OC(=O)COc1cc(C)ccc1C. The van der Waals surface area contributed by atoms with Gasteiger partial charge in [0, 0.05) is 6.54 Å². The second-order valence-electron chi connectivity index (χ2n) is 4.58. The smallest absolute Gasteiger partial charge is 0.344 e. The standard InChI is InChI=1S/C15H21NO4/c1-5-16-15(18)12(4)20-14(17)9-19-13-8-10(2)6-7-11(13)3/h6-8,12H,5,9H2,1-4H3,(H,16,18)/t12-/m1/s1. The average molecular weight is 279 g/mol. The Bertz CT molecular complexity index is 485. The Hall–Kier alpha value is -2.04. The molecule has 0 aliphatic heterocycles. The lowest BCUT2D eigenvalue weighted by Crippen LogP contribution is -2.36. The normalized spacial score (nSPS) is 11.6. The Balaban J connectivity index is 2.47. The summed E-state index contributed by atoms with van der Waals surface area (Å²) in [5.41, 5.74) is 2.00. The van der Waals surface area contributed by atoms with Crippen molar-refractivity contribution in [2.24, 2.45) is 0 Å². The number of rotatable bonds is 6. The van der Waals surface area contributed by atoms with Crippen LogP contribution in [0.3, 0.4) is 0 Å². The number of amides is 1. The Morgan fingerprint density at radius 2 is 2.00 bits per heavy atom. The molecule has 0 spiro atoms. The van der Waals surface area contributed by atoms with Crippen LogP contribution in [-0.2, 0) is 14.3 Å². The van der Waals surface area contributed by atoms with Crippen molar-refractivity contribution in [1.29, 1.82) is 0 Å². The third kappa shape index (κ3) is 4.91. The Kier molecular flexibility index (Phi) is 6.03. The second-order valence-corrected chi connectivity index (χ2v) is 4.58. The van der Waals surface area contributed by atoms with Crippen LogP contribution in [0.4, 0.5) is 0 Å². The van der Waals surface area contributed by atoms with Gasteiger partial charge >= 0.3 is 5.97 Å². The Morgan fingerprint density at radius 3 is 2.65 bits per heavy atom. The summed E-state index contributed by atoms with van der Waals surface area (Å²) in [5, 5.41) is 2.58. The monoisotopic (exact) mass is 279 g/mol. The number of ether oxygens (including phenoxy) is 2. The van der Waals surface area contributed by atoms with E-state index in [4.69, 9.17) is 9.47 Å². The minimum absolute atomic E-state index is 0.214. The molecule has 1 aromatic rings. The molecule has 110 valence electrons. The molecule has 0 saturated heterocycles. The first-order chi connectivity index (χ1) is 9.43. The van der Waals surface area contributed by atoms with Crippen molar-refractivity contribution in [2.45, 2.75) is 33.8 Å². The average Bonchev–Trinajstić information content (AvgIpc) is 2.40. The summed E-state index contributed by atoms with van der Waals surface area (Å²) in [7, 11) is 0. The summed E-state index contributed by atoms with van der Waals surface area (Å²) in [6, 6.07) is 5.75. The molecule has 1 N–H and O–H groups in total. The van der Waals surface area contributed by atoms with Gasteiger partial charge in [0.2, 0.25) is 0 Å². The maximum atomic E-state index is 11.6. The lowest BCUT2D eigenvalue weighted by atomic mass is 10.1. The molecule has 20 heavy (non-hydrogen) atoms. The highest BCUT2D eigenvalue weighted by atomic mass is 16.6. The van der Waals surface area contributed by atoms with Gasteiger partial charge in [-0.25, -0.2) is 4.79 Å². The lowest BCUT2D eigenvalue weighted by molar-refractivity contribution is -0.156. The van der Waals surface area contributed by atoms with Crippen molar-refractivity contribution in [3.05, 3.63) is 29.3 Å². The van der Waals surface area contributed by atoms with Crippen molar-refractivity contribution in [2.75, 3.05) is 13.2 Å². The van der Waals surface area contributed by atoms with Crippen LogP contribution in [-0.4, -0.2) is 31.1 Å². The van der Waals surface area contributed by atoms with Gasteiger partial charge in [-0.15, -0.1) is 0 Å². The molecule has 1 rings (SSSR count). The molecule has 0 aliphatic rings. The molecule has 1 aromatic carbocycles. The van der Waals surface area contributed by atoms with E-state index in [-0.39, 0.29) is 12.5 Å². The molecule has 1 atom stereocenters. The number of aryl methyl sites for hydroxylation is 2. The van der Waals surface area contributed by atoms with E-state index in [1.165, 1.54) is 6.92 Å². The fourth-order valence-electron chi connectivity index (χ4n) is 1.60. The number of nitrogens with one attached hydrogen (secondary N) is 1. The van der Waals surface area contributed by atoms with Crippen molar-refractivity contribution in [1.82, 2.24) is 5.32 Å². The van der Waals surface area contributed by atoms with Gasteiger partial charge in [-0.2, -0.15) is 0 Å². The van der Waals surface area contributed by atoms with Gasteiger partial charge in [-0.05, 0) is 44.9 Å². The molecule has 0 aromatic heterocycles. The zero-order valence-corrected chi connectivity index (χ0v) is 12.4. The van der Waals surface area contributed by atoms with Crippen LogP contribution in [0.25, 0.3) is 0 Å². The first kappa shape index (κ1) is 16.0. The maximum Gasteiger partial charge on any atom is 0.344 e. The number of hydrogen-bond donors (Lipinski definition) is 1. The molecule has 0 radical (unpaired) electrons. The number of benzene rings is 1. The lowest BCUT2D eigenvalue weighted by Gasteiger charge is -2.14. The zero-order chi connectivity index (χ0) is 15.1. The summed E-state index contributed by atoms with van der Waals surface area (Å²) in [6.07, 6.45) is -0.815. The van der Waals surface area contributed by atoms with E-state index in [9.17, 15) is 9.59 Å². The first-order valence-corrected chi connectivity index (χ1v) is 6.61. The van der Waals surface area contributed by atoms with E-state index in [0.717, 1.165) is 11.1 Å². The second kappa shape index (κ2) is 7.53. The summed E-state index contributed by atoms with van der Waals surface area (Å²) >= 11 is 0. The third-order valence-electron chi connectivity index (χ3n) is 2.72. The summed E-state index contributed by atoms with van der Waals surface area (Å²) in [6.45, 7) is 7.46. The predicted molar refractivity (Wildman–Crippen MR) is 75.6 cm³/mol. The molecular formula is C15H21NO4. The first-order valence-electron chi connectivity index (χ1n) is 6.61. The van der Waals surface area contributed by atoms with Crippen LogP contribution < -0.4 is 10.1 Å². The Labute approximate surface area is 119 Å². The zero-order valence-electron chi connectivity index (χ0n) is 12.4. The van der Waals surface area contributed by atoms with Crippen molar-refractivity contribution < 1.29 is 19.1 Å². The predicted octanol–water partition coefficient (Wildman–Crippen LogP) is 1.75. The quantitative estimate of drug-likeness (QED) is 0.806. The summed E-state index contributed by atoms with van der Waals surface area (Å²) in [5.74, 6) is -0.232. The number of esters is 1. The molecule has 5 heteroatoms. The molecule has 0 bridgehead atoms. The Morgan fingerprint density at radius 1 is 1.30 bits per heavy atom. The van der Waals surface area contributed by atoms with Gasteiger partial charge < -0.3 is 14.8 Å². The van der Waals surface area contributed by atoms with Crippen molar-refractivity contribution in [3.8, 4) is 5.75 Å². The van der Waals surface area contributed by atoms with Gasteiger partial charge in [-0.1, -0.05) is 12.1 Å². The summed E-state index contributed by atoms with van der Waals surface area (Å²) < 4.78 is 10.4. The minimum Gasteiger partial charge on any atom is -0.482 e. The highest BCUT2D eigenvalue weighted by Gasteiger charge is 2.17. The molecule has 0 aliphatic carbocycles. The molecule has 1 amide bonds. The summed E-state index contributed by atoms with van der Waals surface area (Å²) in [4.78, 5) is 23.0. The third-order valence-corrected chi connectivity index (χ3v) is 2.72. The molecule has 0 heterocycles. The molecule has 0 saturated carbocycles. The van der Waals surface area contributed by atoms with E-state index in [1.54, 1.807) is 6.92 Å². The van der Waals surface area contributed by atoms with Gasteiger partial charge in [0.15, 0.2) is 12.7 Å². The fraction of sp³-hybridized carbons (Fsp3) is 0.467. The minimum atomic E-state index is -0.815. The van der Waals surface area contributed by atoms with Crippen LogP contribution in [0.2, 0.25) is 0 Å². The van der Waals surface area contributed by atoms with Gasteiger partial charge in [0.25, 0.3) is 5.91 Å². The van der Waals surface area contributed by atoms with E-state index < -0.39 is 12.1 Å². The van der Waals surface area contributed by atoms with Crippen LogP contribution >= 0.6 is 0 Å². The number of carbonyl (C=O) groups is 2. The largest absolute Gasteiger partial charge is 0.482 e. The van der Waals surface area contributed by atoms with Gasteiger partial charge in [-0.3, -0.25) is 4.79 Å². The molecule has 5 nitrogen and oxygen atoms in total. The van der Waals surface area contributed by atoms with E-state index in [2.05, 4.69) is 5.32 Å². The van der Waals surface area contributed by atoms with Crippen molar-refractivity contribution >= 4 is 11.9 Å². The maximum absolute atomic E-state index is 11.6. The van der Waals surface area contributed by atoms with Gasteiger partial charge in [0.1, 0.15) is 5.75 Å². The molecule has 0 unspecified atom stereocenters. The van der Waals surface area contributed by atoms with E-state index >= 15 is 0 Å². The van der Waals surface area contributed by atoms with E-state index in [0.29, 0.717) is 12.3 Å². The number of carbonyl (C=O) groups excluding carboxylic acids is 2. The highest BCUT2D eigenvalue weighted by Crippen LogP contribution is 2.18. The van der Waals surface area contributed by atoms with Crippen LogP contribution in [0, 0.1) is 13.8 Å². The number of likely N-dealkylation sites (N-methyl/N-ethyl adjacent to an activating group) is 1. The molecular weight excluding hydrogens is 258 g/mol. The van der Waals surface area contributed by atoms with Gasteiger partial charge in [0.05, 0.1) is 0 Å².